The summed E-state index contributed by atoms with van der Waals surface area (Å²) in [6.07, 6.45) is 1.57. The largest absolute Gasteiger partial charge is 0.495 e. The number of methoxy groups -OCH3 is 1. The lowest BCUT2D eigenvalue weighted by Gasteiger charge is -2.09. The summed E-state index contributed by atoms with van der Waals surface area (Å²) in [5.74, 6) is 1.62. The molecule has 19 heavy (non-hydrogen) atoms. The zero-order valence-corrected chi connectivity index (χ0v) is 11.1. The van der Waals surface area contributed by atoms with Gasteiger partial charge in [0.1, 0.15) is 12.0 Å². The number of rotatable bonds is 3. The third-order valence-corrected chi connectivity index (χ3v) is 3.28. The van der Waals surface area contributed by atoms with Crippen molar-refractivity contribution in [3.63, 3.8) is 0 Å². The molecule has 0 aliphatic rings. The van der Waals surface area contributed by atoms with Crippen molar-refractivity contribution in [2.45, 2.75) is 5.88 Å². The third kappa shape index (κ3) is 2.06. The summed E-state index contributed by atoms with van der Waals surface area (Å²) in [5.41, 5.74) is 1.55. The number of nitrogens with zero attached hydrogens (tertiary/aromatic N) is 1. The maximum atomic E-state index is 5.74. The summed E-state index contributed by atoms with van der Waals surface area (Å²) in [5, 5.41) is 2.15. The Hall–Kier alpha value is -2.00. The van der Waals surface area contributed by atoms with E-state index in [-0.39, 0.29) is 0 Å². The quantitative estimate of drug-likeness (QED) is 0.670. The van der Waals surface area contributed by atoms with Crippen molar-refractivity contribution in [1.29, 1.82) is 0 Å². The van der Waals surface area contributed by atoms with Gasteiger partial charge in [0, 0.05) is 5.39 Å². The fraction of sp³-hybridized carbons (Fsp3) is 0.133. The lowest BCUT2D eigenvalue weighted by molar-refractivity contribution is 0.419. The SMILES string of the molecule is COc1c(-c2nc(CCl)co2)ccc2ccccc12. The van der Waals surface area contributed by atoms with E-state index < -0.39 is 0 Å². The van der Waals surface area contributed by atoms with Gasteiger partial charge >= 0.3 is 0 Å². The molecule has 0 aliphatic heterocycles. The first-order valence-electron chi connectivity index (χ1n) is 5.90. The average molecular weight is 274 g/mol. The molecule has 2 aromatic carbocycles. The van der Waals surface area contributed by atoms with Gasteiger partial charge in [0.25, 0.3) is 0 Å². The van der Waals surface area contributed by atoms with Crippen molar-refractivity contribution in [1.82, 2.24) is 4.98 Å². The maximum absolute atomic E-state index is 5.74. The molecule has 0 unspecified atom stereocenters. The zero-order chi connectivity index (χ0) is 13.2. The second-order valence-corrected chi connectivity index (χ2v) is 4.41. The first-order valence-corrected chi connectivity index (χ1v) is 6.43. The highest BCUT2D eigenvalue weighted by molar-refractivity contribution is 6.16. The van der Waals surface area contributed by atoms with E-state index in [1.165, 1.54) is 0 Å². The number of hydrogen-bond acceptors (Lipinski definition) is 3. The average Bonchev–Trinajstić information content (AvgIpc) is 2.94. The van der Waals surface area contributed by atoms with Gasteiger partial charge in [0.15, 0.2) is 0 Å². The van der Waals surface area contributed by atoms with Crippen molar-refractivity contribution in [3.8, 4) is 17.2 Å². The normalized spacial score (nSPS) is 10.8. The first-order chi connectivity index (χ1) is 9.33. The molecule has 0 fully saturated rings. The number of fused-ring (bicyclic) bond motifs is 1. The van der Waals surface area contributed by atoms with Gasteiger partial charge in [-0.2, -0.15) is 0 Å². The number of hydrogen-bond donors (Lipinski definition) is 0. The molecule has 4 heteroatoms. The summed E-state index contributed by atoms with van der Waals surface area (Å²) < 4.78 is 11.0. The van der Waals surface area contributed by atoms with E-state index in [1.54, 1.807) is 13.4 Å². The van der Waals surface area contributed by atoms with E-state index >= 15 is 0 Å². The van der Waals surface area contributed by atoms with Gasteiger partial charge in [0.2, 0.25) is 5.89 Å². The lowest BCUT2D eigenvalue weighted by atomic mass is 10.1. The monoisotopic (exact) mass is 273 g/mol. The van der Waals surface area contributed by atoms with Crippen LogP contribution in [0.4, 0.5) is 0 Å². The first kappa shape index (κ1) is 12.1. The van der Waals surface area contributed by atoms with E-state index in [0.29, 0.717) is 17.5 Å². The number of oxazole rings is 1. The van der Waals surface area contributed by atoms with Crippen LogP contribution in [0, 0.1) is 0 Å². The fourth-order valence-electron chi connectivity index (χ4n) is 2.12. The molecule has 0 bridgehead atoms. The fourth-order valence-corrected chi connectivity index (χ4v) is 2.25. The Bertz CT molecular complexity index is 721. The number of alkyl halides is 1. The minimum Gasteiger partial charge on any atom is -0.495 e. The van der Waals surface area contributed by atoms with E-state index in [2.05, 4.69) is 4.98 Å². The zero-order valence-electron chi connectivity index (χ0n) is 10.4. The van der Waals surface area contributed by atoms with Gasteiger partial charge in [-0.25, -0.2) is 4.98 Å². The molecule has 0 saturated carbocycles. The number of aromatic nitrogens is 1. The Kier molecular flexibility index (Phi) is 3.13. The highest BCUT2D eigenvalue weighted by Crippen LogP contribution is 2.36. The Morgan fingerprint density at radius 3 is 2.79 bits per heavy atom. The highest BCUT2D eigenvalue weighted by Gasteiger charge is 2.14. The van der Waals surface area contributed by atoms with Crippen LogP contribution in [0.25, 0.3) is 22.2 Å². The standard InChI is InChI=1S/C15H12ClNO2/c1-18-14-12-5-3-2-4-10(12)6-7-13(14)15-17-11(8-16)9-19-15/h2-7,9H,8H2,1H3. The summed E-state index contributed by atoms with van der Waals surface area (Å²) in [6.45, 7) is 0. The molecular formula is C15H12ClNO2. The molecular weight excluding hydrogens is 262 g/mol. The van der Waals surface area contributed by atoms with E-state index in [4.69, 9.17) is 20.8 Å². The molecule has 0 atom stereocenters. The second kappa shape index (κ2) is 4.94. The van der Waals surface area contributed by atoms with Crippen molar-refractivity contribution < 1.29 is 9.15 Å². The molecule has 3 nitrogen and oxygen atoms in total. The van der Waals surface area contributed by atoms with Crippen molar-refractivity contribution in [2.75, 3.05) is 7.11 Å². The smallest absolute Gasteiger partial charge is 0.229 e. The molecule has 96 valence electrons. The molecule has 0 spiro atoms. The van der Waals surface area contributed by atoms with Crippen molar-refractivity contribution >= 4 is 22.4 Å². The van der Waals surface area contributed by atoms with Crippen LogP contribution in [0.15, 0.2) is 47.1 Å². The predicted molar refractivity (Wildman–Crippen MR) is 75.6 cm³/mol. The molecule has 3 aromatic rings. The van der Waals surface area contributed by atoms with Gasteiger partial charge in [0.05, 0.1) is 24.2 Å². The highest BCUT2D eigenvalue weighted by atomic mass is 35.5. The Morgan fingerprint density at radius 2 is 2.05 bits per heavy atom. The van der Waals surface area contributed by atoms with Crippen LogP contribution in [0.3, 0.4) is 0 Å². The summed E-state index contributed by atoms with van der Waals surface area (Å²) in [7, 11) is 1.65. The van der Waals surface area contributed by atoms with Gasteiger partial charge < -0.3 is 9.15 Å². The van der Waals surface area contributed by atoms with Gasteiger partial charge in [-0.15, -0.1) is 11.6 Å². The molecule has 0 N–H and O–H groups in total. The summed E-state index contributed by atoms with van der Waals surface area (Å²) in [6, 6.07) is 12.0. The number of ether oxygens (including phenoxy) is 1. The minimum atomic E-state index is 0.333. The number of benzene rings is 2. The molecule has 0 aliphatic carbocycles. The van der Waals surface area contributed by atoms with Crippen LogP contribution < -0.4 is 4.74 Å². The van der Waals surface area contributed by atoms with Crippen molar-refractivity contribution in [3.05, 3.63) is 48.4 Å². The van der Waals surface area contributed by atoms with E-state index in [1.807, 2.05) is 36.4 Å². The minimum absolute atomic E-state index is 0.333. The van der Waals surface area contributed by atoms with Crippen molar-refractivity contribution in [2.24, 2.45) is 0 Å². The molecule has 0 saturated heterocycles. The van der Waals surface area contributed by atoms with Crippen LogP contribution >= 0.6 is 11.6 Å². The van der Waals surface area contributed by atoms with Gasteiger partial charge in [-0.1, -0.05) is 30.3 Å². The van der Waals surface area contributed by atoms with Crippen LogP contribution in [-0.4, -0.2) is 12.1 Å². The third-order valence-electron chi connectivity index (χ3n) is 3.00. The molecule has 0 radical (unpaired) electrons. The van der Waals surface area contributed by atoms with Gasteiger partial charge in [-0.3, -0.25) is 0 Å². The lowest BCUT2D eigenvalue weighted by Crippen LogP contribution is -1.90. The van der Waals surface area contributed by atoms with E-state index in [9.17, 15) is 0 Å². The Morgan fingerprint density at radius 1 is 1.21 bits per heavy atom. The van der Waals surface area contributed by atoms with Crippen LogP contribution in [-0.2, 0) is 5.88 Å². The Balaban J connectivity index is 2.23. The summed E-state index contributed by atoms with van der Waals surface area (Å²) in [4.78, 5) is 4.34. The molecule has 0 amide bonds. The van der Waals surface area contributed by atoms with Crippen LogP contribution in [0.2, 0.25) is 0 Å². The molecule has 3 rings (SSSR count). The van der Waals surface area contributed by atoms with E-state index in [0.717, 1.165) is 22.1 Å². The molecule has 1 aromatic heterocycles. The van der Waals surface area contributed by atoms with Gasteiger partial charge in [-0.05, 0) is 11.5 Å². The maximum Gasteiger partial charge on any atom is 0.229 e. The molecule has 1 heterocycles. The van der Waals surface area contributed by atoms with Crippen LogP contribution in [0.1, 0.15) is 5.69 Å². The van der Waals surface area contributed by atoms with Crippen LogP contribution in [0.5, 0.6) is 5.75 Å². The number of halogens is 1. The topological polar surface area (TPSA) is 35.3 Å². The predicted octanol–water partition coefficient (Wildman–Crippen LogP) is 4.24. The second-order valence-electron chi connectivity index (χ2n) is 4.15. The summed E-state index contributed by atoms with van der Waals surface area (Å²) >= 11 is 5.74. The Labute approximate surface area is 115 Å².